The van der Waals surface area contributed by atoms with Crippen molar-refractivity contribution in [3.8, 4) is 5.75 Å². The quantitative estimate of drug-likeness (QED) is 0.757. The number of hydrogen-bond acceptors (Lipinski definition) is 4. The molecule has 0 radical (unpaired) electrons. The van der Waals surface area contributed by atoms with Crippen molar-refractivity contribution in [3.05, 3.63) is 60.1 Å². The van der Waals surface area contributed by atoms with Gasteiger partial charge in [0, 0.05) is 12.6 Å². The van der Waals surface area contributed by atoms with E-state index in [4.69, 9.17) is 14.9 Å². The zero-order valence-electron chi connectivity index (χ0n) is 11.8. The van der Waals surface area contributed by atoms with Gasteiger partial charge in [-0.15, -0.1) is 0 Å². The van der Waals surface area contributed by atoms with E-state index >= 15 is 0 Å². The Bertz CT molecular complexity index is 663. The Morgan fingerprint density at radius 3 is 2.86 bits per heavy atom. The number of nitrogens with two attached hydrogens (primary N) is 1. The Morgan fingerprint density at radius 1 is 1.27 bits per heavy atom. The molecule has 0 bridgehead atoms. The molecular formula is C16H16N2O4. The molecule has 0 fully saturated rings. The third-order valence-corrected chi connectivity index (χ3v) is 2.69. The van der Waals surface area contributed by atoms with E-state index < -0.39 is 5.91 Å². The number of rotatable bonds is 7. The van der Waals surface area contributed by atoms with Gasteiger partial charge in [0.1, 0.15) is 11.5 Å². The molecule has 1 aromatic heterocycles. The molecule has 6 heteroatoms. The fourth-order valence-corrected chi connectivity index (χ4v) is 1.69. The van der Waals surface area contributed by atoms with E-state index in [1.165, 1.54) is 12.3 Å². The molecule has 114 valence electrons. The van der Waals surface area contributed by atoms with Crippen LogP contribution in [-0.4, -0.2) is 18.4 Å². The second kappa shape index (κ2) is 7.68. The van der Waals surface area contributed by atoms with Gasteiger partial charge >= 0.3 is 0 Å². The number of ether oxygens (including phenoxy) is 1. The van der Waals surface area contributed by atoms with Crippen LogP contribution < -0.4 is 15.8 Å². The lowest BCUT2D eigenvalue weighted by atomic mass is 10.2. The fourth-order valence-electron chi connectivity index (χ4n) is 1.69. The van der Waals surface area contributed by atoms with Gasteiger partial charge in [0.15, 0.2) is 6.61 Å². The molecule has 0 atom stereocenters. The van der Waals surface area contributed by atoms with Crippen molar-refractivity contribution >= 4 is 17.9 Å². The van der Waals surface area contributed by atoms with Crippen LogP contribution in [0.15, 0.2) is 53.2 Å². The Balaban J connectivity index is 1.84. The predicted octanol–water partition coefficient (Wildman–Crippen LogP) is 1.47. The van der Waals surface area contributed by atoms with Crippen LogP contribution >= 0.6 is 0 Å². The molecule has 1 aromatic carbocycles. The summed E-state index contributed by atoms with van der Waals surface area (Å²) in [7, 11) is 0. The molecule has 2 amide bonds. The summed E-state index contributed by atoms with van der Waals surface area (Å²) in [5, 5.41) is 2.74. The Hall–Kier alpha value is -3.02. The lowest BCUT2D eigenvalue weighted by molar-refractivity contribution is -0.120. The van der Waals surface area contributed by atoms with E-state index in [0.717, 1.165) is 5.56 Å². The fraction of sp³-hybridized carbons (Fsp3) is 0.125. The maximum atomic E-state index is 11.7. The van der Waals surface area contributed by atoms with E-state index in [9.17, 15) is 9.59 Å². The minimum absolute atomic E-state index is 0.179. The highest BCUT2D eigenvalue weighted by molar-refractivity contribution is 5.91. The van der Waals surface area contributed by atoms with Crippen molar-refractivity contribution in [2.45, 2.75) is 6.54 Å². The van der Waals surface area contributed by atoms with Gasteiger partial charge in [-0.3, -0.25) is 9.59 Å². The Kier molecular flexibility index (Phi) is 5.37. The molecule has 0 saturated heterocycles. The lowest BCUT2D eigenvalue weighted by Gasteiger charge is -2.07. The summed E-state index contributed by atoms with van der Waals surface area (Å²) >= 11 is 0. The number of nitrogens with one attached hydrogen (secondary N) is 1. The van der Waals surface area contributed by atoms with Gasteiger partial charge < -0.3 is 20.2 Å². The number of hydrogen-bond donors (Lipinski definition) is 2. The van der Waals surface area contributed by atoms with Crippen molar-refractivity contribution in [2.24, 2.45) is 5.73 Å². The van der Waals surface area contributed by atoms with Crippen LogP contribution in [0.4, 0.5) is 0 Å². The van der Waals surface area contributed by atoms with Crippen LogP contribution in [0.1, 0.15) is 11.3 Å². The highest BCUT2D eigenvalue weighted by atomic mass is 16.5. The van der Waals surface area contributed by atoms with Gasteiger partial charge in [-0.1, -0.05) is 12.1 Å². The molecule has 0 saturated carbocycles. The average molecular weight is 300 g/mol. The monoisotopic (exact) mass is 300 g/mol. The van der Waals surface area contributed by atoms with Crippen molar-refractivity contribution in [2.75, 3.05) is 6.61 Å². The standard InChI is InChI=1S/C16H16N2O4/c17-15(19)11-22-14-4-1-3-12(9-14)10-18-16(20)7-6-13-5-2-8-21-13/h1-9H,10-11H2,(H2,17,19)(H,18,20). The lowest BCUT2D eigenvalue weighted by Crippen LogP contribution is -2.21. The number of primary amides is 1. The van der Waals surface area contributed by atoms with Gasteiger partial charge in [-0.2, -0.15) is 0 Å². The number of benzene rings is 1. The molecule has 0 spiro atoms. The largest absolute Gasteiger partial charge is 0.484 e. The van der Waals surface area contributed by atoms with Crippen LogP contribution in [0.2, 0.25) is 0 Å². The van der Waals surface area contributed by atoms with Crippen LogP contribution in [0, 0.1) is 0 Å². The Morgan fingerprint density at radius 2 is 2.14 bits per heavy atom. The summed E-state index contributed by atoms with van der Waals surface area (Å²) in [6.07, 6.45) is 4.52. The molecule has 0 aliphatic heterocycles. The summed E-state index contributed by atoms with van der Waals surface area (Å²) in [5.74, 6) is 0.357. The summed E-state index contributed by atoms with van der Waals surface area (Å²) < 4.78 is 10.3. The topological polar surface area (TPSA) is 94.6 Å². The molecule has 0 aliphatic carbocycles. The third-order valence-electron chi connectivity index (χ3n) is 2.69. The van der Waals surface area contributed by atoms with Crippen LogP contribution in [0.25, 0.3) is 6.08 Å². The zero-order chi connectivity index (χ0) is 15.8. The molecule has 2 rings (SSSR count). The molecule has 3 N–H and O–H groups in total. The van der Waals surface area contributed by atoms with Crippen LogP contribution in [-0.2, 0) is 16.1 Å². The highest BCUT2D eigenvalue weighted by Crippen LogP contribution is 2.13. The second-order valence-electron chi connectivity index (χ2n) is 4.47. The number of amides is 2. The maximum Gasteiger partial charge on any atom is 0.255 e. The van der Waals surface area contributed by atoms with E-state index in [1.807, 2.05) is 6.07 Å². The van der Waals surface area contributed by atoms with E-state index in [-0.39, 0.29) is 12.5 Å². The summed E-state index contributed by atoms with van der Waals surface area (Å²) in [6.45, 7) is 0.163. The summed E-state index contributed by atoms with van der Waals surface area (Å²) in [6, 6.07) is 10.6. The first-order valence-corrected chi connectivity index (χ1v) is 6.63. The Labute approximate surface area is 127 Å². The number of carbonyl (C=O) groups is 2. The zero-order valence-corrected chi connectivity index (χ0v) is 11.8. The van der Waals surface area contributed by atoms with E-state index in [2.05, 4.69) is 5.32 Å². The first-order valence-electron chi connectivity index (χ1n) is 6.63. The van der Waals surface area contributed by atoms with Crippen LogP contribution in [0.3, 0.4) is 0 Å². The molecule has 0 unspecified atom stereocenters. The average Bonchev–Trinajstić information content (AvgIpc) is 3.03. The molecule has 22 heavy (non-hydrogen) atoms. The van der Waals surface area contributed by atoms with Crippen molar-refractivity contribution in [1.29, 1.82) is 0 Å². The van der Waals surface area contributed by atoms with Gasteiger partial charge in [0.05, 0.1) is 6.26 Å². The predicted molar refractivity (Wildman–Crippen MR) is 80.7 cm³/mol. The minimum atomic E-state index is -0.540. The van der Waals surface area contributed by atoms with Gasteiger partial charge in [0.2, 0.25) is 5.91 Å². The van der Waals surface area contributed by atoms with Crippen molar-refractivity contribution < 1.29 is 18.7 Å². The molecule has 6 nitrogen and oxygen atoms in total. The minimum Gasteiger partial charge on any atom is -0.484 e. The number of furan rings is 1. The summed E-state index contributed by atoms with van der Waals surface area (Å²) in [5.41, 5.74) is 5.86. The first-order chi connectivity index (χ1) is 10.6. The first kappa shape index (κ1) is 15.4. The maximum absolute atomic E-state index is 11.7. The molecular weight excluding hydrogens is 284 g/mol. The molecule has 0 aliphatic rings. The normalized spacial score (nSPS) is 10.5. The SMILES string of the molecule is NC(=O)COc1cccc(CNC(=O)C=Cc2ccco2)c1. The van der Waals surface area contributed by atoms with Gasteiger partial charge in [-0.05, 0) is 35.9 Å². The highest BCUT2D eigenvalue weighted by Gasteiger charge is 2.01. The summed E-state index contributed by atoms with van der Waals surface area (Å²) in [4.78, 5) is 22.3. The van der Waals surface area contributed by atoms with Crippen molar-refractivity contribution in [3.63, 3.8) is 0 Å². The molecule has 1 heterocycles. The number of carbonyl (C=O) groups excluding carboxylic acids is 2. The van der Waals surface area contributed by atoms with Gasteiger partial charge in [0.25, 0.3) is 5.91 Å². The van der Waals surface area contributed by atoms with Crippen molar-refractivity contribution in [1.82, 2.24) is 5.32 Å². The molecule has 2 aromatic rings. The van der Waals surface area contributed by atoms with Crippen LogP contribution in [0.5, 0.6) is 5.75 Å². The smallest absolute Gasteiger partial charge is 0.255 e. The van der Waals surface area contributed by atoms with E-state index in [0.29, 0.717) is 18.1 Å². The van der Waals surface area contributed by atoms with E-state index in [1.54, 1.807) is 36.4 Å². The second-order valence-corrected chi connectivity index (χ2v) is 4.47. The third kappa shape index (κ3) is 5.16. The van der Waals surface area contributed by atoms with Gasteiger partial charge in [-0.25, -0.2) is 0 Å².